The Balaban J connectivity index is 1.69. The minimum absolute atomic E-state index is 0.0646. The zero-order valence-electron chi connectivity index (χ0n) is 22.2. The number of carbonyl (C=O) groups is 1. The smallest absolute Gasteiger partial charge is 0.202 e. The maximum Gasteiger partial charge on any atom is 0.202 e. The summed E-state index contributed by atoms with van der Waals surface area (Å²) < 4.78 is 12.3. The highest BCUT2D eigenvalue weighted by molar-refractivity contribution is 5.95. The number of terminal acetylenes is 1. The number of hydrogen-bond acceptors (Lipinski definition) is 5. The number of H-pyrrole nitrogens is 1. The Morgan fingerprint density at radius 2 is 2.03 bits per heavy atom. The SMILES string of the molecule is C#Cc1cnc(C(=O)Cc2ccc(C3(OCCN(C)C)CCOCC3)cc2C2=CCC(C)(C)CC2)[nH]1. The highest BCUT2D eigenvalue weighted by Crippen LogP contribution is 2.42. The number of carbonyl (C=O) groups excluding carboxylic acids is 1. The van der Waals surface area contributed by atoms with Crippen LogP contribution in [-0.4, -0.2) is 61.1 Å². The Bertz CT molecular complexity index is 1150. The molecule has 0 radical (unpaired) electrons. The van der Waals surface area contributed by atoms with Gasteiger partial charge in [-0.25, -0.2) is 4.98 Å². The molecule has 0 bridgehead atoms. The van der Waals surface area contributed by atoms with Crippen molar-refractivity contribution < 1.29 is 14.3 Å². The summed E-state index contributed by atoms with van der Waals surface area (Å²) in [5, 5.41) is 0. The molecule has 1 aromatic heterocycles. The van der Waals surface area contributed by atoms with Gasteiger partial charge in [0.05, 0.1) is 18.4 Å². The van der Waals surface area contributed by atoms with E-state index >= 15 is 0 Å². The van der Waals surface area contributed by atoms with Crippen LogP contribution in [0.3, 0.4) is 0 Å². The summed E-state index contributed by atoms with van der Waals surface area (Å²) in [6, 6.07) is 6.54. The Kier molecular flexibility index (Phi) is 8.14. The van der Waals surface area contributed by atoms with Crippen molar-refractivity contribution in [3.8, 4) is 12.3 Å². The number of rotatable bonds is 9. The lowest BCUT2D eigenvalue weighted by molar-refractivity contribution is -0.118. The maximum atomic E-state index is 13.1. The van der Waals surface area contributed by atoms with E-state index < -0.39 is 0 Å². The van der Waals surface area contributed by atoms with Crippen molar-refractivity contribution in [1.82, 2.24) is 14.9 Å². The number of ketones is 1. The molecular formula is C30H39N3O3. The van der Waals surface area contributed by atoms with Gasteiger partial charge in [0.15, 0.2) is 5.82 Å². The predicted octanol–water partition coefficient (Wildman–Crippen LogP) is 4.99. The molecule has 1 aliphatic heterocycles. The first-order valence-electron chi connectivity index (χ1n) is 13.0. The zero-order valence-corrected chi connectivity index (χ0v) is 22.2. The summed E-state index contributed by atoms with van der Waals surface area (Å²) in [5.74, 6) is 2.75. The molecule has 6 nitrogen and oxygen atoms in total. The molecule has 0 amide bonds. The van der Waals surface area contributed by atoms with Crippen molar-refractivity contribution in [3.05, 3.63) is 58.7 Å². The number of aromatic nitrogens is 2. The van der Waals surface area contributed by atoms with Gasteiger partial charge in [-0.2, -0.15) is 0 Å². The van der Waals surface area contributed by atoms with E-state index in [0.717, 1.165) is 49.8 Å². The van der Waals surface area contributed by atoms with Crippen molar-refractivity contribution >= 4 is 11.4 Å². The first kappa shape index (κ1) is 26.3. The Labute approximate surface area is 215 Å². The molecule has 0 spiro atoms. The molecule has 192 valence electrons. The Morgan fingerprint density at radius 3 is 2.67 bits per heavy atom. The van der Waals surface area contributed by atoms with Crippen LogP contribution in [0, 0.1) is 17.8 Å². The third kappa shape index (κ3) is 6.15. The number of benzene rings is 1. The molecule has 2 aliphatic rings. The number of likely N-dealkylation sites (N-methyl/N-ethyl adjacent to an activating group) is 1. The third-order valence-electron chi connectivity index (χ3n) is 7.52. The third-order valence-corrected chi connectivity index (χ3v) is 7.52. The topological polar surface area (TPSA) is 67.4 Å². The Hall–Kier alpha value is -2.72. The summed E-state index contributed by atoms with van der Waals surface area (Å²) in [6.07, 6.45) is 14.4. The van der Waals surface area contributed by atoms with E-state index in [1.807, 2.05) is 0 Å². The molecule has 1 fully saturated rings. The van der Waals surface area contributed by atoms with Gasteiger partial charge >= 0.3 is 0 Å². The molecule has 2 heterocycles. The minimum atomic E-state index is -0.372. The molecule has 1 saturated heterocycles. The lowest BCUT2D eigenvalue weighted by Gasteiger charge is -2.38. The Morgan fingerprint density at radius 1 is 1.25 bits per heavy atom. The molecule has 6 heteroatoms. The first-order valence-corrected chi connectivity index (χ1v) is 13.0. The monoisotopic (exact) mass is 489 g/mol. The van der Waals surface area contributed by atoms with E-state index in [1.54, 1.807) is 0 Å². The lowest BCUT2D eigenvalue weighted by Crippen LogP contribution is -2.38. The number of hydrogen-bond donors (Lipinski definition) is 1. The van der Waals surface area contributed by atoms with Crippen LogP contribution in [0.15, 0.2) is 30.5 Å². The molecule has 1 aromatic carbocycles. The van der Waals surface area contributed by atoms with Crippen molar-refractivity contribution in [2.45, 2.75) is 58.0 Å². The van der Waals surface area contributed by atoms with Crippen LogP contribution in [0.2, 0.25) is 0 Å². The van der Waals surface area contributed by atoms with Gasteiger partial charge in [-0.1, -0.05) is 38.0 Å². The van der Waals surface area contributed by atoms with Crippen LogP contribution in [0.1, 0.15) is 79.0 Å². The van der Waals surface area contributed by atoms with Crippen LogP contribution in [0.5, 0.6) is 0 Å². The molecule has 36 heavy (non-hydrogen) atoms. The number of nitrogens with one attached hydrogen (secondary N) is 1. The van der Waals surface area contributed by atoms with Gasteiger partial charge in [-0.3, -0.25) is 4.79 Å². The molecule has 1 aliphatic carbocycles. The number of allylic oxidation sites excluding steroid dienone is 2. The van der Waals surface area contributed by atoms with Crippen molar-refractivity contribution in [3.63, 3.8) is 0 Å². The van der Waals surface area contributed by atoms with E-state index in [-0.39, 0.29) is 17.8 Å². The minimum Gasteiger partial charge on any atom is -0.381 e. The molecule has 0 unspecified atom stereocenters. The highest BCUT2D eigenvalue weighted by Gasteiger charge is 2.36. The number of nitrogens with zero attached hydrogens (tertiary/aromatic N) is 2. The normalized spacial score (nSPS) is 19.1. The second-order valence-corrected chi connectivity index (χ2v) is 11.1. The van der Waals surface area contributed by atoms with Crippen LogP contribution in [0.4, 0.5) is 0 Å². The lowest BCUT2D eigenvalue weighted by atomic mass is 9.75. The summed E-state index contributed by atoms with van der Waals surface area (Å²) in [4.78, 5) is 22.4. The maximum absolute atomic E-state index is 13.1. The van der Waals surface area contributed by atoms with Crippen LogP contribution in [-0.2, 0) is 21.5 Å². The average Bonchev–Trinajstić information content (AvgIpc) is 3.34. The summed E-state index contributed by atoms with van der Waals surface area (Å²) in [5.41, 5.74) is 5.11. The van der Waals surface area contributed by atoms with Crippen molar-refractivity contribution in [2.75, 3.05) is 40.5 Å². The van der Waals surface area contributed by atoms with Crippen LogP contribution in [0.25, 0.3) is 5.57 Å². The number of Topliss-reactive ketones (excluding diaryl/α,β-unsaturated/α-hetero) is 1. The van der Waals surface area contributed by atoms with Crippen molar-refractivity contribution in [1.29, 1.82) is 0 Å². The summed E-state index contributed by atoms with van der Waals surface area (Å²) in [7, 11) is 4.12. The van der Waals surface area contributed by atoms with E-state index in [0.29, 0.717) is 36.8 Å². The predicted molar refractivity (Wildman–Crippen MR) is 143 cm³/mol. The van der Waals surface area contributed by atoms with E-state index in [1.165, 1.54) is 17.3 Å². The second-order valence-electron chi connectivity index (χ2n) is 11.1. The number of imidazole rings is 1. The average molecular weight is 490 g/mol. The molecule has 1 N–H and O–H groups in total. The van der Waals surface area contributed by atoms with Gasteiger partial charge in [0.2, 0.25) is 5.78 Å². The van der Waals surface area contributed by atoms with Crippen LogP contribution < -0.4 is 0 Å². The molecular weight excluding hydrogens is 450 g/mol. The van der Waals surface area contributed by atoms with Crippen molar-refractivity contribution in [2.24, 2.45) is 5.41 Å². The number of ether oxygens (including phenoxy) is 2. The molecule has 4 rings (SSSR count). The summed E-state index contributed by atoms with van der Waals surface area (Å²) >= 11 is 0. The zero-order chi connectivity index (χ0) is 25.8. The van der Waals surface area contributed by atoms with Gasteiger partial charge < -0.3 is 19.4 Å². The molecule has 0 atom stereocenters. The number of aromatic amines is 1. The summed E-state index contributed by atoms with van der Waals surface area (Å²) in [6.45, 7) is 7.53. The van der Waals surface area contributed by atoms with Crippen LogP contribution >= 0.6 is 0 Å². The van der Waals surface area contributed by atoms with E-state index in [9.17, 15) is 4.79 Å². The fraction of sp³-hybridized carbons (Fsp3) is 0.533. The standard InChI is InChI=1S/C30H39N3O3/c1-6-25-21-31-28(32-25)27(34)19-23-7-8-24(20-26(23)22-9-11-29(2,3)12-10-22)30(13-16-35-17-14-30)36-18-15-33(4)5/h1,7-9,20-21H,10-19H2,2-5H3,(H,31,32). The largest absolute Gasteiger partial charge is 0.381 e. The van der Waals surface area contributed by atoms with Gasteiger partial charge in [0.25, 0.3) is 0 Å². The van der Waals surface area contributed by atoms with Gasteiger partial charge in [0.1, 0.15) is 5.69 Å². The van der Waals surface area contributed by atoms with Gasteiger partial charge in [-0.05, 0) is 67.1 Å². The van der Waals surface area contributed by atoms with Gasteiger partial charge in [0, 0.05) is 39.0 Å². The van der Waals surface area contributed by atoms with E-state index in [4.69, 9.17) is 15.9 Å². The second kappa shape index (κ2) is 11.1. The molecule has 2 aromatic rings. The van der Waals surface area contributed by atoms with Gasteiger partial charge in [-0.15, -0.1) is 6.42 Å². The first-order chi connectivity index (χ1) is 17.2. The molecule has 0 saturated carbocycles. The quantitative estimate of drug-likeness (QED) is 0.397. The fourth-order valence-corrected chi connectivity index (χ4v) is 5.07. The van der Waals surface area contributed by atoms with E-state index in [2.05, 4.69) is 73.0 Å². The highest BCUT2D eigenvalue weighted by atomic mass is 16.5. The fourth-order valence-electron chi connectivity index (χ4n) is 5.07.